The van der Waals surface area contributed by atoms with Gasteiger partial charge in [0, 0.05) is 43.5 Å². The summed E-state index contributed by atoms with van der Waals surface area (Å²) < 4.78 is 33.0. The fraction of sp³-hybridized carbons (Fsp3) is 0.400. The standard InChI is InChI=1S/C15H19N3O3S2/c19-23(20,13-3-1-5-16-11-13)17-12-14(15-4-2-8-21-15)18-6-9-22-10-7-18/h1-5,8,11,14,17H,6-7,9-10,12H2/t14-/m0/s1. The largest absolute Gasteiger partial charge is 0.468 e. The molecule has 0 spiro atoms. The van der Waals surface area contributed by atoms with Crippen LogP contribution in [0, 0.1) is 0 Å². The van der Waals surface area contributed by atoms with Crippen LogP contribution in [0.5, 0.6) is 0 Å². The Morgan fingerprint density at radius 1 is 1.30 bits per heavy atom. The molecule has 2 aromatic heterocycles. The second-order valence-corrected chi connectivity index (χ2v) is 8.21. The first-order valence-electron chi connectivity index (χ1n) is 7.42. The minimum absolute atomic E-state index is 0.0997. The monoisotopic (exact) mass is 353 g/mol. The Hall–Kier alpha value is -1.35. The molecular formula is C15H19N3O3S2. The first-order chi connectivity index (χ1) is 11.2. The summed E-state index contributed by atoms with van der Waals surface area (Å²) in [4.78, 5) is 6.31. The molecule has 1 aliphatic rings. The first kappa shape index (κ1) is 16.5. The molecule has 0 saturated carbocycles. The van der Waals surface area contributed by atoms with Gasteiger partial charge in [0.2, 0.25) is 10.0 Å². The molecule has 1 saturated heterocycles. The van der Waals surface area contributed by atoms with Crippen molar-refractivity contribution in [3.8, 4) is 0 Å². The predicted octanol–water partition coefficient (Wildman–Crippen LogP) is 1.74. The van der Waals surface area contributed by atoms with Crippen molar-refractivity contribution < 1.29 is 12.8 Å². The fourth-order valence-corrected chi connectivity index (χ4v) is 4.49. The Morgan fingerprint density at radius 2 is 2.13 bits per heavy atom. The van der Waals surface area contributed by atoms with E-state index in [4.69, 9.17) is 4.42 Å². The summed E-state index contributed by atoms with van der Waals surface area (Å²) in [7, 11) is -3.57. The van der Waals surface area contributed by atoms with E-state index < -0.39 is 10.0 Å². The number of rotatable bonds is 6. The van der Waals surface area contributed by atoms with Gasteiger partial charge in [-0.05, 0) is 24.3 Å². The molecule has 3 heterocycles. The van der Waals surface area contributed by atoms with Crippen molar-refractivity contribution >= 4 is 21.8 Å². The van der Waals surface area contributed by atoms with Crippen molar-refractivity contribution in [1.82, 2.24) is 14.6 Å². The molecule has 124 valence electrons. The average molecular weight is 353 g/mol. The van der Waals surface area contributed by atoms with E-state index in [-0.39, 0.29) is 17.5 Å². The van der Waals surface area contributed by atoms with Gasteiger partial charge in [0.25, 0.3) is 0 Å². The van der Waals surface area contributed by atoms with Crippen LogP contribution < -0.4 is 4.72 Å². The topological polar surface area (TPSA) is 75.4 Å². The number of thioether (sulfide) groups is 1. The maximum atomic E-state index is 12.4. The quantitative estimate of drug-likeness (QED) is 0.853. The Kier molecular flexibility index (Phi) is 5.37. The van der Waals surface area contributed by atoms with Gasteiger partial charge in [0.05, 0.1) is 12.3 Å². The zero-order chi connectivity index (χ0) is 16.1. The summed E-state index contributed by atoms with van der Waals surface area (Å²) in [5.74, 6) is 2.88. The van der Waals surface area contributed by atoms with Gasteiger partial charge in [-0.2, -0.15) is 11.8 Å². The van der Waals surface area contributed by atoms with Crippen molar-refractivity contribution in [2.24, 2.45) is 0 Å². The summed E-state index contributed by atoms with van der Waals surface area (Å²) in [6.07, 6.45) is 4.52. The number of furan rings is 1. The molecule has 1 N–H and O–H groups in total. The Bertz CT molecular complexity index is 699. The minimum Gasteiger partial charge on any atom is -0.468 e. The lowest BCUT2D eigenvalue weighted by molar-refractivity contribution is 0.193. The molecule has 0 aliphatic carbocycles. The maximum absolute atomic E-state index is 12.4. The SMILES string of the molecule is O=S(=O)(NC[C@@H](c1ccco1)N1CCSCC1)c1cccnc1. The van der Waals surface area contributed by atoms with Gasteiger partial charge in [-0.3, -0.25) is 9.88 Å². The molecule has 2 aromatic rings. The third-order valence-corrected chi connectivity index (χ3v) is 6.12. The van der Waals surface area contributed by atoms with Crippen LogP contribution >= 0.6 is 11.8 Å². The van der Waals surface area contributed by atoms with E-state index in [0.717, 1.165) is 30.4 Å². The third kappa shape index (κ3) is 4.14. The third-order valence-electron chi connectivity index (χ3n) is 3.77. The van der Waals surface area contributed by atoms with Crippen molar-refractivity contribution in [3.63, 3.8) is 0 Å². The average Bonchev–Trinajstić information content (AvgIpc) is 3.11. The maximum Gasteiger partial charge on any atom is 0.242 e. The zero-order valence-corrected chi connectivity index (χ0v) is 14.2. The first-order valence-corrected chi connectivity index (χ1v) is 10.1. The van der Waals surface area contributed by atoms with Crippen LogP contribution in [0.15, 0.2) is 52.2 Å². The normalized spacial score (nSPS) is 17.9. The lowest BCUT2D eigenvalue weighted by Gasteiger charge is -2.33. The molecule has 0 bridgehead atoms. The van der Waals surface area contributed by atoms with Crippen LogP contribution in [-0.4, -0.2) is 49.4 Å². The molecule has 8 heteroatoms. The summed E-state index contributed by atoms with van der Waals surface area (Å²) in [6, 6.07) is 6.77. The molecule has 23 heavy (non-hydrogen) atoms. The number of pyridine rings is 1. The number of hydrogen-bond acceptors (Lipinski definition) is 6. The van der Waals surface area contributed by atoms with Crippen LogP contribution in [0.4, 0.5) is 0 Å². The van der Waals surface area contributed by atoms with E-state index >= 15 is 0 Å². The van der Waals surface area contributed by atoms with Gasteiger partial charge < -0.3 is 4.42 Å². The van der Waals surface area contributed by atoms with Gasteiger partial charge in [-0.15, -0.1) is 0 Å². The molecule has 0 aromatic carbocycles. The molecule has 0 unspecified atom stereocenters. The molecule has 1 fully saturated rings. The van der Waals surface area contributed by atoms with Crippen LogP contribution in [0.1, 0.15) is 11.8 Å². The lowest BCUT2D eigenvalue weighted by atomic mass is 10.2. The molecule has 1 aliphatic heterocycles. The number of nitrogens with zero attached hydrogens (tertiary/aromatic N) is 2. The second kappa shape index (κ2) is 7.48. The molecule has 6 nitrogen and oxygen atoms in total. The zero-order valence-electron chi connectivity index (χ0n) is 12.6. The van der Waals surface area contributed by atoms with E-state index in [1.54, 1.807) is 18.5 Å². The summed E-state index contributed by atoms with van der Waals surface area (Å²) in [5.41, 5.74) is 0. The van der Waals surface area contributed by atoms with E-state index in [9.17, 15) is 8.42 Å². The van der Waals surface area contributed by atoms with Gasteiger partial charge in [-0.25, -0.2) is 13.1 Å². The van der Waals surface area contributed by atoms with Crippen molar-refractivity contribution in [1.29, 1.82) is 0 Å². The predicted molar refractivity (Wildman–Crippen MR) is 89.8 cm³/mol. The van der Waals surface area contributed by atoms with Crippen LogP contribution in [0.3, 0.4) is 0 Å². The van der Waals surface area contributed by atoms with Gasteiger partial charge in [-0.1, -0.05) is 0 Å². The van der Waals surface area contributed by atoms with Crippen molar-refractivity contribution in [2.45, 2.75) is 10.9 Å². The van der Waals surface area contributed by atoms with Crippen LogP contribution in [-0.2, 0) is 10.0 Å². The van der Waals surface area contributed by atoms with Gasteiger partial charge >= 0.3 is 0 Å². The highest BCUT2D eigenvalue weighted by Gasteiger charge is 2.26. The van der Waals surface area contributed by atoms with Crippen molar-refractivity contribution in [2.75, 3.05) is 31.1 Å². The summed E-state index contributed by atoms with van der Waals surface area (Å²) in [5, 5.41) is 0. The Labute approximate surface area is 140 Å². The van der Waals surface area contributed by atoms with E-state index in [1.807, 2.05) is 23.9 Å². The number of nitrogens with one attached hydrogen (secondary N) is 1. The Morgan fingerprint density at radius 3 is 2.78 bits per heavy atom. The second-order valence-electron chi connectivity index (χ2n) is 5.22. The van der Waals surface area contributed by atoms with Crippen LogP contribution in [0.2, 0.25) is 0 Å². The summed E-state index contributed by atoms with van der Waals surface area (Å²) >= 11 is 1.91. The van der Waals surface area contributed by atoms with E-state index in [0.29, 0.717) is 0 Å². The molecule has 1 atom stereocenters. The molecule has 0 radical (unpaired) electrons. The van der Waals surface area contributed by atoms with Gasteiger partial charge in [0.1, 0.15) is 10.7 Å². The smallest absolute Gasteiger partial charge is 0.242 e. The lowest BCUT2D eigenvalue weighted by Crippen LogP contribution is -2.41. The number of aromatic nitrogens is 1. The highest BCUT2D eigenvalue weighted by molar-refractivity contribution is 7.99. The fourth-order valence-electron chi connectivity index (χ4n) is 2.56. The van der Waals surface area contributed by atoms with Crippen molar-refractivity contribution in [3.05, 3.63) is 48.7 Å². The number of sulfonamides is 1. The highest BCUT2D eigenvalue weighted by Crippen LogP contribution is 2.24. The highest BCUT2D eigenvalue weighted by atomic mass is 32.2. The molecule has 3 rings (SSSR count). The Balaban J connectivity index is 1.74. The minimum atomic E-state index is -3.57. The number of hydrogen-bond donors (Lipinski definition) is 1. The van der Waals surface area contributed by atoms with Gasteiger partial charge in [0.15, 0.2) is 0 Å². The molecular weight excluding hydrogens is 334 g/mol. The van der Waals surface area contributed by atoms with E-state index in [1.165, 1.54) is 12.3 Å². The van der Waals surface area contributed by atoms with Crippen LogP contribution in [0.25, 0.3) is 0 Å². The summed E-state index contributed by atoms with van der Waals surface area (Å²) in [6.45, 7) is 2.12. The molecule has 0 amide bonds. The van der Waals surface area contributed by atoms with E-state index in [2.05, 4.69) is 14.6 Å².